The average molecular weight is 246 g/mol. The van der Waals surface area contributed by atoms with Crippen LogP contribution in [0.4, 0.5) is 10.1 Å². The summed E-state index contributed by atoms with van der Waals surface area (Å²) < 4.78 is 13.6. The molecule has 0 saturated heterocycles. The van der Waals surface area contributed by atoms with Crippen molar-refractivity contribution in [1.82, 2.24) is 4.98 Å². The molecule has 0 spiro atoms. The predicted molar refractivity (Wildman–Crippen MR) is 68.7 cm³/mol. The molecule has 0 bridgehead atoms. The van der Waals surface area contributed by atoms with E-state index in [4.69, 9.17) is 0 Å². The van der Waals surface area contributed by atoms with Gasteiger partial charge in [-0.05, 0) is 23.8 Å². The monoisotopic (exact) mass is 246 g/mol. The number of nitrogens with zero attached hydrogens (tertiary/aromatic N) is 2. The Hall–Kier alpha value is -1.94. The zero-order valence-corrected chi connectivity index (χ0v) is 10.2. The number of pyridine rings is 1. The lowest BCUT2D eigenvalue weighted by molar-refractivity contribution is 0.276. The van der Waals surface area contributed by atoms with E-state index in [-0.39, 0.29) is 12.4 Å². The van der Waals surface area contributed by atoms with Gasteiger partial charge in [-0.3, -0.25) is 4.98 Å². The average Bonchev–Trinajstić information content (AvgIpc) is 2.39. The van der Waals surface area contributed by atoms with Gasteiger partial charge in [-0.2, -0.15) is 0 Å². The van der Waals surface area contributed by atoms with E-state index in [9.17, 15) is 9.50 Å². The first kappa shape index (κ1) is 12.5. The highest BCUT2D eigenvalue weighted by atomic mass is 19.1. The Morgan fingerprint density at radius 2 is 2.11 bits per heavy atom. The molecule has 0 aliphatic heterocycles. The smallest absolute Gasteiger partial charge is 0.130 e. The van der Waals surface area contributed by atoms with Crippen LogP contribution in [0.1, 0.15) is 11.1 Å². The molecule has 0 radical (unpaired) electrons. The number of benzene rings is 1. The second kappa shape index (κ2) is 5.60. The van der Waals surface area contributed by atoms with Gasteiger partial charge in [0.1, 0.15) is 5.82 Å². The van der Waals surface area contributed by atoms with Gasteiger partial charge in [0, 0.05) is 37.2 Å². The van der Waals surface area contributed by atoms with Gasteiger partial charge in [-0.25, -0.2) is 4.39 Å². The molecule has 0 amide bonds. The van der Waals surface area contributed by atoms with Crippen LogP contribution in [0.5, 0.6) is 0 Å². The van der Waals surface area contributed by atoms with Gasteiger partial charge >= 0.3 is 0 Å². The van der Waals surface area contributed by atoms with Crippen molar-refractivity contribution in [2.75, 3.05) is 11.9 Å². The van der Waals surface area contributed by atoms with E-state index in [1.54, 1.807) is 24.5 Å². The lowest BCUT2D eigenvalue weighted by Gasteiger charge is -2.22. The van der Waals surface area contributed by atoms with E-state index >= 15 is 0 Å². The summed E-state index contributed by atoms with van der Waals surface area (Å²) in [6.07, 6.45) is 3.49. The summed E-state index contributed by atoms with van der Waals surface area (Å²) in [5.41, 5.74) is 2.05. The maximum atomic E-state index is 13.6. The summed E-state index contributed by atoms with van der Waals surface area (Å²) in [7, 11) is 1.86. The highest BCUT2D eigenvalue weighted by Gasteiger charge is 2.11. The third kappa shape index (κ3) is 2.65. The molecule has 0 atom stereocenters. The van der Waals surface area contributed by atoms with E-state index in [0.717, 1.165) is 5.56 Å². The molecule has 3 nitrogen and oxygen atoms in total. The normalized spacial score (nSPS) is 10.4. The minimum atomic E-state index is -0.381. The van der Waals surface area contributed by atoms with Crippen LogP contribution < -0.4 is 4.90 Å². The van der Waals surface area contributed by atoms with E-state index in [1.807, 2.05) is 24.1 Å². The van der Waals surface area contributed by atoms with E-state index < -0.39 is 0 Å². The van der Waals surface area contributed by atoms with Crippen LogP contribution in [0.25, 0.3) is 0 Å². The second-order valence-electron chi connectivity index (χ2n) is 4.11. The lowest BCUT2D eigenvalue weighted by Crippen LogP contribution is -2.18. The van der Waals surface area contributed by atoms with Crippen molar-refractivity contribution < 1.29 is 9.50 Å². The molecule has 4 heteroatoms. The second-order valence-corrected chi connectivity index (χ2v) is 4.11. The van der Waals surface area contributed by atoms with Crippen molar-refractivity contribution in [3.63, 3.8) is 0 Å². The Labute approximate surface area is 106 Å². The van der Waals surface area contributed by atoms with Crippen LogP contribution in [0.2, 0.25) is 0 Å². The highest BCUT2D eigenvalue weighted by Crippen LogP contribution is 2.23. The summed E-state index contributed by atoms with van der Waals surface area (Å²) in [5, 5.41) is 9.24. The third-order valence-corrected chi connectivity index (χ3v) is 2.81. The fourth-order valence-electron chi connectivity index (χ4n) is 1.91. The van der Waals surface area contributed by atoms with Gasteiger partial charge in [-0.15, -0.1) is 0 Å². The molecule has 0 unspecified atom stereocenters. The topological polar surface area (TPSA) is 36.4 Å². The van der Waals surface area contributed by atoms with E-state index in [0.29, 0.717) is 17.8 Å². The Morgan fingerprint density at radius 3 is 2.78 bits per heavy atom. The SMILES string of the molecule is CN(Cc1cccnc1)c1cccc(F)c1CO. The molecule has 2 aromatic rings. The molecule has 94 valence electrons. The molecule has 1 aromatic heterocycles. The number of aliphatic hydroxyl groups excluding tert-OH is 1. The van der Waals surface area contributed by atoms with E-state index in [1.165, 1.54) is 6.07 Å². The largest absolute Gasteiger partial charge is 0.391 e. The molecule has 2 rings (SSSR count). The van der Waals surface area contributed by atoms with Crippen LogP contribution in [0, 0.1) is 5.82 Å². The number of hydrogen-bond acceptors (Lipinski definition) is 3. The molecule has 18 heavy (non-hydrogen) atoms. The van der Waals surface area contributed by atoms with Crippen LogP contribution in [0.3, 0.4) is 0 Å². The summed E-state index contributed by atoms with van der Waals surface area (Å²) in [6.45, 7) is 0.309. The molecule has 0 fully saturated rings. The number of anilines is 1. The minimum Gasteiger partial charge on any atom is -0.391 e. The van der Waals surface area contributed by atoms with Crippen molar-refractivity contribution in [3.05, 3.63) is 59.7 Å². The predicted octanol–water partition coefficient (Wildman–Crippen LogP) is 2.35. The van der Waals surface area contributed by atoms with Crippen molar-refractivity contribution in [1.29, 1.82) is 0 Å². The summed E-state index contributed by atoms with van der Waals surface area (Å²) >= 11 is 0. The number of aliphatic hydroxyl groups is 1. The summed E-state index contributed by atoms with van der Waals surface area (Å²) in [6, 6.07) is 8.62. The van der Waals surface area contributed by atoms with Gasteiger partial charge in [0.2, 0.25) is 0 Å². The van der Waals surface area contributed by atoms with Crippen molar-refractivity contribution in [2.24, 2.45) is 0 Å². The maximum absolute atomic E-state index is 13.6. The number of rotatable bonds is 4. The molecule has 0 aliphatic rings. The molecule has 1 N–H and O–H groups in total. The minimum absolute atomic E-state index is 0.306. The van der Waals surface area contributed by atoms with Crippen LogP contribution in [-0.2, 0) is 13.2 Å². The zero-order valence-electron chi connectivity index (χ0n) is 10.2. The van der Waals surface area contributed by atoms with Crippen LogP contribution >= 0.6 is 0 Å². The van der Waals surface area contributed by atoms with Crippen molar-refractivity contribution >= 4 is 5.69 Å². The molecule has 1 heterocycles. The zero-order chi connectivity index (χ0) is 13.0. The molecule has 0 saturated carbocycles. The van der Waals surface area contributed by atoms with Crippen molar-refractivity contribution in [2.45, 2.75) is 13.2 Å². The fraction of sp³-hybridized carbons (Fsp3) is 0.214. The number of halogens is 1. The lowest BCUT2D eigenvalue weighted by atomic mass is 10.1. The van der Waals surface area contributed by atoms with Crippen LogP contribution in [0.15, 0.2) is 42.7 Å². The summed E-state index contributed by atoms with van der Waals surface area (Å²) in [5.74, 6) is -0.381. The number of aromatic nitrogens is 1. The Kier molecular flexibility index (Phi) is 3.89. The Balaban J connectivity index is 2.24. The molecule has 0 aliphatic carbocycles. The summed E-state index contributed by atoms with van der Waals surface area (Å²) in [4.78, 5) is 5.94. The quantitative estimate of drug-likeness (QED) is 0.899. The van der Waals surface area contributed by atoms with Gasteiger partial charge in [0.05, 0.1) is 6.61 Å². The van der Waals surface area contributed by atoms with Gasteiger partial charge in [-0.1, -0.05) is 12.1 Å². The number of hydrogen-bond donors (Lipinski definition) is 1. The molecular formula is C14H15FN2O. The van der Waals surface area contributed by atoms with Gasteiger partial charge < -0.3 is 10.0 Å². The van der Waals surface area contributed by atoms with E-state index in [2.05, 4.69) is 4.98 Å². The first-order valence-corrected chi connectivity index (χ1v) is 5.70. The first-order chi connectivity index (χ1) is 8.72. The van der Waals surface area contributed by atoms with Crippen LogP contribution in [-0.4, -0.2) is 17.1 Å². The Morgan fingerprint density at radius 1 is 1.28 bits per heavy atom. The Bertz CT molecular complexity index is 516. The molecule has 1 aromatic carbocycles. The third-order valence-electron chi connectivity index (χ3n) is 2.81. The standard InChI is InChI=1S/C14H15FN2O/c1-17(9-11-4-3-7-16-8-11)14-6-2-5-13(15)12(14)10-18/h2-8,18H,9-10H2,1H3. The maximum Gasteiger partial charge on any atom is 0.130 e. The first-order valence-electron chi connectivity index (χ1n) is 5.70. The van der Waals surface area contributed by atoms with Gasteiger partial charge in [0.25, 0.3) is 0 Å². The molecular weight excluding hydrogens is 231 g/mol. The van der Waals surface area contributed by atoms with Gasteiger partial charge in [0.15, 0.2) is 0 Å². The highest BCUT2D eigenvalue weighted by molar-refractivity contribution is 5.53. The fourth-order valence-corrected chi connectivity index (χ4v) is 1.91. The van der Waals surface area contributed by atoms with Crippen molar-refractivity contribution in [3.8, 4) is 0 Å².